The van der Waals surface area contributed by atoms with Gasteiger partial charge in [0, 0.05) is 29.3 Å². The molecule has 10 rings (SSSR count). The lowest BCUT2D eigenvalue weighted by Crippen LogP contribution is -2.36. The summed E-state index contributed by atoms with van der Waals surface area (Å²) in [5.41, 5.74) is 9.88. The summed E-state index contributed by atoms with van der Waals surface area (Å²) in [6.45, 7) is 6.48. The molecule has 0 spiro atoms. The number of imidazole rings is 2. The normalized spacial score (nSPS) is 14.9. The molecule has 0 fully saturated rings. The highest BCUT2D eigenvalue weighted by molar-refractivity contribution is 7.16. The minimum Gasteiger partial charge on any atom is -0.346 e. The minimum absolute atomic E-state index is 0.204. The summed E-state index contributed by atoms with van der Waals surface area (Å²) in [5.74, 6) is 1.74. The molecule has 0 radical (unpaired) electrons. The summed E-state index contributed by atoms with van der Waals surface area (Å²) >= 11 is 5.47. The van der Waals surface area contributed by atoms with Crippen LogP contribution >= 0.6 is 34.0 Å². The minimum atomic E-state index is -0.204. The molecule has 3 aromatic carbocycles. The summed E-state index contributed by atoms with van der Waals surface area (Å²) in [7, 11) is 0. The van der Waals surface area contributed by atoms with E-state index in [4.69, 9.17) is 9.97 Å². The molecule has 9 heteroatoms. The standard InChI is InChI=1S/C36H26N6S3/c1-19-4-13-31(43-19)22-7-10-25-28(16-22)40-34(37-25)41-30-18-24(33-15-6-21(3)45-33)9-12-27(30)39-36(41)42-29-17-23(32-14-5-20(2)44-32)8-11-26(29)38-35(40)42/h4-18,34,37H,1-3H3. The molecule has 1 unspecified atom stereocenters. The predicted molar refractivity (Wildman–Crippen MR) is 190 cm³/mol. The van der Waals surface area contributed by atoms with E-state index in [0.717, 1.165) is 45.3 Å². The maximum Gasteiger partial charge on any atom is 0.221 e. The molecule has 0 amide bonds. The Kier molecular flexibility index (Phi) is 5.22. The lowest BCUT2D eigenvalue weighted by Gasteiger charge is -2.33. The van der Waals surface area contributed by atoms with Crippen molar-refractivity contribution in [2.24, 2.45) is 0 Å². The summed E-state index contributed by atoms with van der Waals surface area (Å²) in [4.78, 5) is 20.6. The Bertz CT molecular complexity index is 2490. The third-order valence-electron chi connectivity index (χ3n) is 8.83. The van der Waals surface area contributed by atoms with Gasteiger partial charge in [-0.2, -0.15) is 0 Å². The molecule has 1 atom stereocenters. The van der Waals surface area contributed by atoms with Crippen LogP contribution in [0, 0.1) is 20.8 Å². The summed E-state index contributed by atoms with van der Waals surface area (Å²) in [5, 5.41) is 3.85. The first-order valence-corrected chi connectivity index (χ1v) is 17.4. The first kappa shape index (κ1) is 25.6. The van der Waals surface area contributed by atoms with Gasteiger partial charge in [-0.05, 0) is 110 Å². The van der Waals surface area contributed by atoms with Crippen molar-refractivity contribution >= 4 is 73.4 Å². The van der Waals surface area contributed by atoms with Crippen LogP contribution in [0.5, 0.6) is 0 Å². The van der Waals surface area contributed by atoms with Gasteiger partial charge >= 0.3 is 0 Å². The number of aromatic nitrogens is 4. The lowest BCUT2D eigenvalue weighted by atomic mass is 10.1. The molecule has 8 aromatic rings. The van der Waals surface area contributed by atoms with Gasteiger partial charge in [0.15, 0.2) is 6.29 Å². The zero-order valence-corrected chi connectivity index (χ0v) is 27.1. The Labute approximate surface area is 271 Å². The largest absolute Gasteiger partial charge is 0.346 e. The SMILES string of the molecule is Cc1ccc(-c2ccc3c(c2)N2c4nc5ccc(-c6ccc(C)s6)cc5n4-c4nc5ccc(-c6ccc(C)s6)cc5n4C2N3)s1. The molecule has 0 bridgehead atoms. The Balaban J connectivity index is 1.24. The molecule has 218 valence electrons. The second-order valence-corrected chi connectivity index (χ2v) is 15.7. The Morgan fingerprint density at radius 1 is 0.578 bits per heavy atom. The van der Waals surface area contributed by atoms with Crippen molar-refractivity contribution in [3.8, 4) is 37.3 Å². The zero-order chi connectivity index (χ0) is 30.0. The number of anilines is 3. The number of hydrogen-bond donors (Lipinski definition) is 1. The van der Waals surface area contributed by atoms with Crippen molar-refractivity contribution in [3.63, 3.8) is 0 Å². The molecule has 0 saturated heterocycles. The second-order valence-electron chi connectivity index (χ2n) is 11.8. The van der Waals surface area contributed by atoms with Gasteiger partial charge in [-0.15, -0.1) is 34.0 Å². The van der Waals surface area contributed by atoms with Gasteiger partial charge in [0.25, 0.3) is 0 Å². The van der Waals surface area contributed by atoms with Crippen LogP contribution in [0.25, 0.3) is 59.3 Å². The summed E-state index contributed by atoms with van der Waals surface area (Å²) in [6.07, 6.45) is -0.204. The van der Waals surface area contributed by atoms with Crippen LogP contribution in [0.4, 0.5) is 17.3 Å². The van der Waals surface area contributed by atoms with E-state index in [1.54, 1.807) is 0 Å². The van der Waals surface area contributed by atoms with E-state index in [1.165, 1.54) is 46.0 Å². The first-order chi connectivity index (χ1) is 22.0. The highest BCUT2D eigenvalue weighted by Gasteiger charge is 2.42. The van der Waals surface area contributed by atoms with E-state index in [1.807, 2.05) is 34.0 Å². The molecule has 7 heterocycles. The number of benzene rings is 3. The molecule has 45 heavy (non-hydrogen) atoms. The van der Waals surface area contributed by atoms with Crippen molar-refractivity contribution in [2.75, 3.05) is 10.2 Å². The molecular formula is C36H26N6S3. The van der Waals surface area contributed by atoms with Crippen molar-refractivity contribution in [1.82, 2.24) is 19.1 Å². The van der Waals surface area contributed by atoms with Gasteiger partial charge in [0.2, 0.25) is 11.9 Å². The number of fused-ring (bicyclic) bond motifs is 12. The maximum atomic E-state index is 5.28. The fraction of sp³-hybridized carbons (Fsp3) is 0.111. The number of aryl methyl sites for hydroxylation is 3. The smallest absolute Gasteiger partial charge is 0.221 e. The monoisotopic (exact) mass is 638 g/mol. The number of rotatable bonds is 3. The average molecular weight is 639 g/mol. The van der Waals surface area contributed by atoms with Gasteiger partial charge in [-0.25, -0.2) is 14.5 Å². The Hall–Kier alpha value is -4.70. The fourth-order valence-corrected chi connectivity index (χ4v) is 9.31. The quantitative estimate of drug-likeness (QED) is 0.209. The van der Waals surface area contributed by atoms with Gasteiger partial charge in [-0.1, -0.05) is 18.2 Å². The second kappa shape index (κ2) is 9.17. The zero-order valence-electron chi connectivity index (χ0n) is 24.7. The van der Waals surface area contributed by atoms with E-state index in [2.05, 4.69) is 131 Å². The van der Waals surface area contributed by atoms with Gasteiger partial charge in [0.1, 0.15) is 0 Å². The van der Waals surface area contributed by atoms with Crippen LogP contribution in [0.2, 0.25) is 0 Å². The van der Waals surface area contributed by atoms with E-state index < -0.39 is 0 Å². The van der Waals surface area contributed by atoms with Crippen LogP contribution in [0.3, 0.4) is 0 Å². The van der Waals surface area contributed by atoms with Gasteiger partial charge < -0.3 is 5.32 Å². The number of thiophene rings is 3. The molecular weight excluding hydrogens is 613 g/mol. The third kappa shape index (κ3) is 3.72. The maximum absolute atomic E-state index is 5.28. The fourth-order valence-electron chi connectivity index (χ4n) is 6.71. The topological polar surface area (TPSA) is 50.9 Å². The third-order valence-corrected chi connectivity index (χ3v) is 12.0. The van der Waals surface area contributed by atoms with Crippen molar-refractivity contribution in [3.05, 3.63) is 106 Å². The molecule has 1 N–H and O–H groups in total. The Morgan fingerprint density at radius 2 is 1.11 bits per heavy atom. The van der Waals surface area contributed by atoms with Crippen LogP contribution in [0.15, 0.2) is 91.0 Å². The highest BCUT2D eigenvalue weighted by atomic mass is 32.1. The summed E-state index contributed by atoms with van der Waals surface area (Å²) < 4.78 is 4.61. The number of nitrogens with one attached hydrogen (secondary N) is 1. The van der Waals surface area contributed by atoms with E-state index in [-0.39, 0.29) is 6.29 Å². The van der Waals surface area contributed by atoms with E-state index >= 15 is 0 Å². The van der Waals surface area contributed by atoms with E-state index in [9.17, 15) is 0 Å². The predicted octanol–water partition coefficient (Wildman–Crippen LogP) is 10.5. The van der Waals surface area contributed by atoms with Gasteiger partial charge in [0.05, 0.1) is 33.4 Å². The molecule has 6 nitrogen and oxygen atoms in total. The highest BCUT2D eigenvalue weighted by Crippen LogP contribution is 2.51. The van der Waals surface area contributed by atoms with Crippen LogP contribution in [0.1, 0.15) is 20.9 Å². The first-order valence-electron chi connectivity index (χ1n) is 14.9. The average Bonchev–Trinajstić information content (AvgIpc) is 3.88. The Morgan fingerprint density at radius 3 is 1.71 bits per heavy atom. The number of nitrogens with zero attached hydrogens (tertiary/aromatic N) is 5. The molecule has 0 aliphatic carbocycles. The molecule has 0 saturated carbocycles. The van der Waals surface area contributed by atoms with Crippen LogP contribution in [-0.4, -0.2) is 19.1 Å². The molecule has 5 aromatic heterocycles. The van der Waals surface area contributed by atoms with Crippen molar-refractivity contribution in [2.45, 2.75) is 27.1 Å². The van der Waals surface area contributed by atoms with Crippen LogP contribution in [-0.2, 0) is 0 Å². The molecule has 2 aliphatic rings. The van der Waals surface area contributed by atoms with Crippen molar-refractivity contribution < 1.29 is 0 Å². The lowest BCUT2D eigenvalue weighted by molar-refractivity contribution is 0.552. The van der Waals surface area contributed by atoms with E-state index in [0.29, 0.717) is 0 Å². The molecule has 2 aliphatic heterocycles. The summed E-state index contributed by atoms with van der Waals surface area (Å²) in [6, 6.07) is 33.2. The number of hydrogen-bond acceptors (Lipinski definition) is 7. The van der Waals surface area contributed by atoms with Gasteiger partial charge in [-0.3, -0.25) is 9.47 Å². The van der Waals surface area contributed by atoms with Crippen LogP contribution < -0.4 is 10.2 Å². The van der Waals surface area contributed by atoms with Crippen molar-refractivity contribution in [1.29, 1.82) is 0 Å².